The zero-order chi connectivity index (χ0) is 20.4. The normalized spacial score (nSPS) is 11.2. The fourth-order valence-corrected chi connectivity index (χ4v) is 3.37. The highest BCUT2D eigenvalue weighted by atomic mass is 32.2. The first-order valence-electron chi connectivity index (χ1n) is 9.45. The maximum atomic E-state index is 11.8. The van der Waals surface area contributed by atoms with Gasteiger partial charge in [-0.3, -0.25) is 0 Å². The van der Waals surface area contributed by atoms with Crippen LogP contribution in [0.1, 0.15) is 24.5 Å². The average molecular weight is 404 g/mol. The van der Waals surface area contributed by atoms with Crippen molar-refractivity contribution in [2.75, 3.05) is 36.9 Å². The summed E-state index contributed by atoms with van der Waals surface area (Å²) in [7, 11) is -3.38. The van der Waals surface area contributed by atoms with Crippen LogP contribution >= 0.6 is 0 Å². The predicted octanol–water partition coefficient (Wildman–Crippen LogP) is 3.80. The Kier molecular flexibility index (Phi) is 8.47. The fraction of sp³-hybridized carbons (Fsp3) is 0.381. The summed E-state index contributed by atoms with van der Waals surface area (Å²) < 4.78 is 28.8. The highest BCUT2D eigenvalue weighted by Crippen LogP contribution is 2.15. The molecule has 1 heterocycles. The van der Waals surface area contributed by atoms with Crippen molar-refractivity contribution in [1.82, 2.24) is 4.98 Å². The standard InChI is InChI=1S/C21H29N3O3S/c1-4-27-14-6-12-22-20-15-17(3)16-21(24-20)23-13-11-18-7-9-19(10-8-18)28(25,26)5-2/h5,7-10,15-16H,2,4,6,11-14H2,1,3H3,(H2,22,23,24). The Morgan fingerprint density at radius 1 is 1.11 bits per heavy atom. The molecule has 0 saturated carbocycles. The largest absolute Gasteiger partial charge is 0.382 e. The van der Waals surface area contributed by atoms with Crippen molar-refractivity contribution in [1.29, 1.82) is 0 Å². The van der Waals surface area contributed by atoms with E-state index in [0.717, 1.165) is 60.8 Å². The molecule has 0 unspecified atom stereocenters. The van der Waals surface area contributed by atoms with Crippen LogP contribution in [0.4, 0.5) is 11.6 Å². The molecule has 0 saturated heterocycles. The minimum Gasteiger partial charge on any atom is -0.382 e. The highest BCUT2D eigenvalue weighted by molar-refractivity contribution is 7.94. The van der Waals surface area contributed by atoms with Gasteiger partial charge in [-0.05, 0) is 62.1 Å². The summed E-state index contributed by atoms with van der Waals surface area (Å²) in [4.78, 5) is 4.85. The van der Waals surface area contributed by atoms with E-state index >= 15 is 0 Å². The summed E-state index contributed by atoms with van der Waals surface area (Å²) in [6.45, 7) is 10.4. The van der Waals surface area contributed by atoms with Crippen LogP contribution in [0.15, 0.2) is 53.3 Å². The van der Waals surface area contributed by atoms with E-state index in [1.165, 1.54) is 0 Å². The summed E-state index contributed by atoms with van der Waals surface area (Å²) in [5, 5.41) is 7.62. The van der Waals surface area contributed by atoms with Crippen LogP contribution in [0, 0.1) is 6.92 Å². The smallest absolute Gasteiger partial charge is 0.199 e. The second-order valence-electron chi connectivity index (χ2n) is 6.42. The van der Waals surface area contributed by atoms with E-state index in [9.17, 15) is 8.42 Å². The lowest BCUT2D eigenvalue weighted by molar-refractivity contribution is 0.147. The molecule has 1 aromatic heterocycles. The molecule has 0 fully saturated rings. The Balaban J connectivity index is 1.86. The third-order valence-electron chi connectivity index (χ3n) is 4.14. The summed E-state index contributed by atoms with van der Waals surface area (Å²) in [5.41, 5.74) is 2.18. The Morgan fingerprint density at radius 2 is 1.75 bits per heavy atom. The number of rotatable bonds is 12. The number of nitrogens with zero attached hydrogens (tertiary/aromatic N) is 1. The third kappa shape index (κ3) is 6.98. The maximum absolute atomic E-state index is 11.8. The van der Waals surface area contributed by atoms with E-state index in [4.69, 9.17) is 4.74 Å². The van der Waals surface area contributed by atoms with Gasteiger partial charge in [-0.25, -0.2) is 13.4 Å². The fourth-order valence-electron chi connectivity index (χ4n) is 2.66. The van der Waals surface area contributed by atoms with Gasteiger partial charge in [0.25, 0.3) is 0 Å². The van der Waals surface area contributed by atoms with Gasteiger partial charge in [-0.15, -0.1) is 0 Å². The van der Waals surface area contributed by atoms with Gasteiger partial charge in [0.2, 0.25) is 0 Å². The number of hydrogen-bond donors (Lipinski definition) is 2. The van der Waals surface area contributed by atoms with Gasteiger partial charge in [-0.1, -0.05) is 18.7 Å². The van der Waals surface area contributed by atoms with Gasteiger partial charge in [0.1, 0.15) is 11.6 Å². The molecule has 6 nitrogen and oxygen atoms in total. The molecule has 0 radical (unpaired) electrons. The Bertz CT molecular complexity index is 865. The Hall–Kier alpha value is -2.38. The summed E-state index contributed by atoms with van der Waals surface area (Å²) in [5.74, 6) is 1.66. The van der Waals surface area contributed by atoms with E-state index in [0.29, 0.717) is 6.54 Å². The molecular weight excluding hydrogens is 374 g/mol. The lowest BCUT2D eigenvalue weighted by atomic mass is 10.1. The average Bonchev–Trinajstić information content (AvgIpc) is 2.68. The van der Waals surface area contributed by atoms with Crippen LogP contribution < -0.4 is 10.6 Å². The number of hydrogen-bond acceptors (Lipinski definition) is 6. The molecule has 0 aliphatic heterocycles. The number of ether oxygens (including phenoxy) is 1. The molecule has 152 valence electrons. The molecule has 0 bridgehead atoms. The van der Waals surface area contributed by atoms with Crippen LogP contribution in [-0.4, -0.2) is 39.7 Å². The van der Waals surface area contributed by atoms with Crippen LogP contribution in [0.3, 0.4) is 0 Å². The van der Waals surface area contributed by atoms with Gasteiger partial charge >= 0.3 is 0 Å². The number of pyridine rings is 1. The van der Waals surface area contributed by atoms with E-state index in [1.807, 2.05) is 38.1 Å². The predicted molar refractivity (Wildman–Crippen MR) is 115 cm³/mol. The molecule has 0 amide bonds. The molecule has 0 atom stereocenters. The lowest BCUT2D eigenvalue weighted by Crippen LogP contribution is -2.10. The minimum atomic E-state index is -3.38. The first-order valence-corrected chi connectivity index (χ1v) is 11.0. The first kappa shape index (κ1) is 21.9. The number of sulfone groups is 1. The quantitative estimate of drug-likeness (QED) is 0.525. The van der Waals surface area contributed by atoms with Gasteiger partial charge in [0, 0.05) is 31.7 Å². The highest BCUT2D eigenvalue weighted by Gasteiger charge is 2.08. The number of nitrogens with one attached hydrogen (secondary N) is 2. The molecule has 7 heteroatoms. The van der Waals surface area contributed by atoms with E-state index in [-0.39, 0.29) is 4.90 Å². The van der Waals surface area contributed by atoms with Crippen molar-refractivity contribution in [3.05, 3.63) is 59.5 Å². The second kappa shape index (κ2) is 10.8. The molecule has 2 aromatic rings. The topological polar surface area (TPSA) is 80.3 Å². The molecular formula is C21H29N3O3S. The van der Waals surface area contributed by atoms with Crippen LogP contribution in [-0.2, 0) is 21.0 Å². The SMILES string of the molecule is C=CS(=O)(=O)c1ccc(CCNc2cc(C)cc(NCCCOCC)n2)cc1. The number of anilines is 2. The molecule has 2 N–H and O–H groups in total. The number of aromatic nitrogens is 1. The van der Waals surface area contributed by atoms with Gasteiger partial charge in [-0.2, -0.15) is 0 Å². The van der Waals surface area contributed by atoms with Crippen molar-refractivity contribution in [2.45, 2.75) is 31.6 Å². The zero-order valence-electron chi connectivity index (χ0n) is 16.6. The lowest BCUT2D eigenvalue weighted by Gasteiger charge is -2.11. The monoisotopic (exact) mass is 403 g/mol. The summed E-state index contributed by atoms with van der Waals surface area (Å²) in [6, 6.07) is 10.9. The third-order valence-corrected chi connectivity index (χ3v) is 5.50. The molecule has 0 aliphatic rings. The molecule has 1 aromatic carbocycles. The molecule has 0 aliphatic carbocycles. The summed E-state index contributed by atoms with van der Waals surface area (Å²) >= 11 is 0. The van der Waals surface area contributed by atoms with E-state index in [2.05, 4.69) is 22.2 Å². The second-order valence-corrected chi connectivity index (χ2v) is 8.32. The Labute approximate surface area is 168 Å². The van der Waals surface area contributed by atoms with Crippen molar-refractivity contribution >= 4 is 21.5 Å². The Morgan fingerprint density at radius 3 is 2.36 bits per heavy atom. The van der Waals surface area contributed by atoms with Gasteiger partial charge in [0.15, 0.2) is 9.84 Å². The van der Waals surface area contributed by atoms with Crippen LogP contribution in [0.5, 0.6) is 0 Å². The minimum absolute atomic E-state index is 0.264. The van der Waals surface area contributed by atoms with Crippen LogP contribution in [0.2, 0.25) is 0 Å². The zero-order valence-corrected chi connectivity index (χ0v) is 17.4. The maximum Gasteiger partial charge on any atom is 0.199 e. The number of aryl methyl sites for hydroxylation is 1. The number of benzene rings is 1. The molecule has 28 heavy (non-hydrogen) atoms. The first-order chi connectivity index (χ1) is 13.4. The van der Waals surface area contributed by atoms with Gasteiger partial charge in [0.05, 0.1) is 4.90 Å². The summed E-state index contributed by atoms with van der Waals surface area (Å²) in [6.07, 6.45) is 1.70. The molecule has 2 rings (SSSR count). The van der Waals surface area contributed by atoms with Crippen molar-refractivity contribution < 1.29 is 13.2 Å². The molecule has 0 spiro atoms. The van der Waals surface area contributed by atoms with Crippen LogP contribution in [0.25, 0.3) is 0 Å². The van der Waals surface area contributed by atoms with Crippen molar-refractivity contribution in [3.63, 3.8) is 0 Å². The van der Waals surface area contributed by atoms with Crippen molar-refractivity contribution in [2.24, 2.45) is 0 Å². The van der Waals surface area contributed by atoms with Gasteiger partial charge < -0.3 is 15.4 Å². The van der Waals surface area contributed by atoms with E-state index < -0.39 is 9.84 Å². The van der Waals surface area contributed by atoms with Crippen molar-refractivity contribution in [3.8, 4) is 0 Å². The van der Waals surface area contributed by atoms with E-state index in [1.54, 1.807) is 12.1 Å².